The number of sulfonamides is 1. The average Bonchev–Trinajstić information content (AvgIpc) is 3.08. The summed E-state index contributed by atoms with van der Waals surface area (Å²) in [6.45, 7) is 0. The third kappa shape index (κ3) is 3.67. The molecule has 0 spiro atoms. The topological polar surface area (TPSA) is 146 Å². The summed E-state index contributed by atoms with van der Waals surface area (Å²) in [5, 5.41) is 8.05. The predicted octanol–water partition coefficient (Wildman–Crippen LogP) is 3.06. The number of rotatable bonds is 4. The Morgan fingerprint density at radius 1 is 0.848 bits per heavy atom. The van der Waals surface area contributed by atoms with E-state index >= 15 is 0 Å². The number of aromatic nitrogens is 3. The highest BCUT2D eigenvalue weighted by molar-refractivity contribution is 7.89. The van der Waals surface area contributed by atoms with Crippen molar-refractivity contribution in [2.45, 2.75) is 4.90 Å². The normalized spacial score (nSPS) is 11.7. The number of anilines is 2. The maximum Gasteiger partial charge on any atom is 0.261 e. The average molecular weight is 459 g/mol. The number of primary sulfonamides is 1. The lowest BCUT2D eigenvalue weighted by Gasteiger charge is -2.09. The summed E-state index contributed by atoms with van der Waals surface area (Å²) in [4.78, 5) is 22.6. The Labute approximate surface area is 188 Å². The summed E-state index contributed by atoms with van der Waals surface area (Å²) in [6, 6.07) is 22.1. The number of carbonyl (C=O) groups excluding carboxylic acids is 1. The number of carbonyl (C=O) groups is 1. The number of hydrogen-bond donors (Lipinski definition) is 3. The molecule has 0 atom stereocenters. The Kier molecular flexibility index (Phi) is 4.81. The van der Waals surface area contributed by atoms with E-state index in [4.69, 9.17) is 15.9 Å². The Balaban J connectivity index is 1.74. The molecule has 5 rings (SSSR count). The third-order valence-electron chi connectivity index (χ3n) is 5.18. The van der Waals surface area contributed by atoms with Crippen molar-refractivity contribution in [2.24, 2.45) is 5.14 Å². The highest BCUT2D eigenvalue weighted by atomic mass is 32.2. The van der Waals surface area contributed by atoms with Gasteiger partial charge in [0.25, 0.3) is 5.91 Å². The van der Waals surface area contributed by atoms with Gasteiger partial charge < -0.3 is 11.1 Å². The van der Waals surface area contributed by atoms with E-state index in [-0.39, 0.29) is 16.3 Å². The minimum absolute atomic E-state index is 0.0418. The van der Waals surface area contributed by atoms with Crippen molar-refractivity contribution in [3.63, 3.8) is 0 Å². The SMILES string of the molecule is Nc1c(C(=O)Nc2ccccc2)c2nc3ccccc3nc2n1-c1ccc(S(N)(=O)=O)cc1. The van der Waals surface area contributed by atoms with E-state index in [1.807, 2.05) is 36.4 Å². The van der Waals surface area contributed by atoms with Crippen LogP contribution in [-0.2, 0) is 10.0 Å². The number of amides is 1. The van der Waals surface area contributed by atoms with Gasteiger partial charge in [-0.2, -0.15) is 0 Å². The number of nitrogens with zero attached hydrogens (tertiary/aromatic N) is 3. The maximum atomic E-state index is 13.2. The monoisotopic (exact) mass is 458 g/mol. The van der Waals surface area contributed by atoms with Gasteiger partial charge in [-0.25, -0.2) is 23.5 Å². The van der Waals surface area contributed by atoms with Gasteiger partial charge >= 0.3 is 0 Å². The van der Waals surface area contributed by atoms with Gasteiger partial charge in [0.2, 0.25) is 10.0 Å². The standard InChI is InChI=1S/C23H18N6O3S/c24-21-19(23(30)26-14-6-2-1-3-7-14)20-22(28-18-9-5-4-8-17(18)27-20)29(21)15-10-12-16(13-11-15)33(25,31)32/h1-13H,24H2,(H,26,30)(H2,25,31,32). The first-order chi connectivity index (χ1) is 15.8. The van der Waals surface area contributed by atoms with Crippen molar-refractivity contribution in [2.75, 3.05) is 11.1 Å². The summed E-state index contributed by atoms with van der Waals surface area (Å²) in [7, 11) is -3.86. The van der Waals surface area contributed by atoms with Crippen LogP contribution in [0.25, 0.3) is 27.9 Å². The Hall–Kier alpha value is -4.28. The van der Waals surface area contributed by atoms with Crippen molar-refractivity contribution in [3.05, 3.63) is 84.4 Å². The van der Waals surface area contributed by atoms with E-state index in [2.05, 4.69) is 10.3 Å². The molecule has 0 unspecified atom stereocenters. The smallest absolute Gasteiger partial charge is 0.261 e. The predicted molar refractivity (Wildman–Crippen MR) is 127 cm³/mol. The molecule has 3 aromatic carbocycles. The fraction of sp³-hybridized carbons (Fsp3) is 0. The van der Waals surface area contributed by atoms with Gasteiger partial charge in [-0.3, -0.25) is 9.36 Å². The van der Waals surface area contributed by atoms with Crippen LogP contribution in [0.1, 0.15) is 10.4 Å². The molecule has 9 nitrogen and oxygen atoms in total. The van der Waals surface area contributed by atoms with Gasteiger partial charge in [-0.1, -0.05) is 30.3 Å². The van der Waals surface area contributed by atoms with E-state index in [0.29, 0.717) is 33.6 Å². The zero-order valence-electron chi connectivity index (χ0n) is 17.1. The zero-order valence-corrected chi connectivity index (χ0v) is 18.0. The first kappa shape index (κ1) is 20.6. The van der Waals surface area contributed by atoms with Crippen LogP contribution in [0.3, 0.4) is 0 Å². The molecule has 2 heterocycles. The van der Waals surface area contributed by atoms with E-state index in [1.54, 1.807) is 34.9 Å². The number of hydrogen-bond acceptors (Lipinski definition) is 6. The van der Waals surface area contributed by atoms with Gasteiger partial charge in [0, 0.05) is 11.4 Å². The first-order valence-corrected chi connectivity index (χ1v) is 11.4. The molecule has 10 heteroatoms. The Morgan fingerprint density at radius 3 is 2.09 bits per heavy atom. The van der Waals surface area contributed by atoms with Crippen LogP contribution in [0.15, 0.2) is 83.8 Å². The van der Waals surface area contributed by atoms with E-state index < -0.39 is 15.9 Å². The molecule has 2 aromatic heterocycles. The molecule has 5 aromatic rings. The molecule has 0 bridgehead atoms. The molecular formula is C23H18N6O3S. The number of nitrogens with one attached hydrogen (secondary N) is 1. The van der Waals surface area contributed by atoms with Gasteiger partial charge in [-0.15, -0.1) is 0 Å². The molecule has 0 fully saturated rings. The Morgan fingerprint density at radius 2 is 1.45 bits per heavy atom. The molecule has 0 radical (unpaired) electrons. The van der Waals surface area contributed by atoms with Gasteiger partial charge in [0.05, 0.1) is 15.9 Å². The lowest BCUT2D eigenvalue weighted by atomic mass is 10.2. The zero-order chi connectivity index (χ0) is 23.2. The fourth-order valence-electron chi connectivity index (χ4n) is 3.65. The molecule has 0 saturated carbocycles. The van der Waals surface area contributed by atoms with Crippen molar-refractivity contribution < 1.29 is 13.2 Å². The van der Waals surface area contributed by atoms with Crippen molar-refractivity contribution >= 4 is 49.6 Å². The summed E-state index contributed by atoms with van der Waals surface area (Å²) in [5.41, 5.74) is 9.68. The number of nitrogens with two attached hydrogens (primary N) is 2. The van der Waals surface area contributed by atoms with Crippen molar-refractivity contribution in [1.29, 1.82) is 0 Å². The van der Waals surface area contributed by atoms with Crippen molar-refractivity contribution in [3.8, 4) is 5.69 Å². The minimum Gasteiger partial charge on any atom is -0.384 e. The molecule has 0 saturated heterocycles. The van der Waals surface area contributed by atoms with Gasteiger partial charge in [0.15, 0.2) is 5.65 Å². The highest BCUT2D eigenvalue weighted by Crippen LogP contribution is 2.31. The fourth-order valence-corrected chi connectivity index (χ4v) is 4.16. The summed E-state index contributed by atoms with van der Waals surface area (Å²) in [6.07, 6.45) is 0. The second kappa shape index (κ2) is 7.69. The van der Waals surface area contributed by atoms with Crippen molar-refractivity contribution in [1.82, 2.24) is 14.5 Å². The molecule has 0 aliphatic heterocycles. The van der Waals surface area contributed by atoms with Crippen LogP contribution >= 0.6 is 0 Å². The molecule has 33 heavy (non-hydrogen) atoms. The lowest BCUT2D eigenvalue weighted by molar-refractivity contribution is 0.102. The molecule has 1 amide bonds. The third-order valence-corrected chi connectivity index (χ3v) is 6.11. The van der Waals surface area contributed by atoms with E-state index in [0.717, 1.165) is 0 Å². The van der Waals surface area contributed by atoms with Gasteiger partial charge in [-0.05, 0) is 48.5 Å². The molecule has 5 N–H and O–H groups in total. The van der Waals surface area contributed by atoms with Crippen LogP contribution in [0.4, 0.5) is 11.5 Å². The van der Waals surface area contributed by atoms with Crippen LogP contribution in [0.5, 0.6) is 0 Å². The second-order valence-corrected chi connectivity index (χ2v) is 8.90. The van der Waals surface area contributed by atoms with E-state index in [1.165, 1.54) is 12.1 Å². The number of para-hydroxylation sites is 3. The summed E-state index contributed by atoms with van der Waals surface area (Å²) < 4.78 is 24.9. The Bertz CT molecular complexity index is 1630. The van der Waals surface area contributed by atoms with Crippen LogP contribution in [0.2, 0.25) is 0 Å². The summed E-state index contributed by atoms with van der Waals surface area (Å²) >= 11 is 0. The number of benzene rings is 3. The highest BCUT2D eigenvalue weighted by Gasteiger charge is 2.25. The van der Waals surface area contributed by atoms with Gasteiger partial charge in [0.1, 0.15) is 16.9 Å². The molecule has 164 valence electrons. The number of nitrogen functional groups attached to an aromatic ring is 1. The number of fused-ring (bicyclic) bond motifs is 2. The minimum atomic E-state index is -3.86. The van der Waals surface area contributed by atoms with Crippen LogP contribution < -0.4 is 16.2 Å². The maximum absolute atomic E-state index is 13.2. The quantitative estimate of drug-likeness (QED) is 0.377. The van der Waals surface area contributed by atoms with Crippen LogP contribution in [-0.4, -0.2) is 28.9 Å². The molecule has 0 aliphatic carbocycles. The summed E-state index contributed by atoms with van der Waals surface area (Å²) in [5.74, 6) is -0.315. The lowest BCUT2D eigenvalue weighted by Crippen LogP contribution is -2.14. The van der Waals surface area contributed by atoms with E-state index in [9.17, 15) is 13.2 Å². The molecule has 0 aliphatic rings. The molecular weight excluding hydrogens is 440 g/mol. The second-order valence-electron chi connectivity index (χ2n) is 7.34. The van der Waals surface area contributed by atoms with Crippen LogP contribution in [0, 0.1) is 0 Å². The first-order valence-electron chi connectivity index (χ1n) is 9.89. The largest absolute Gasteiger partial charge is 0.384 e.